The van der Waals surface area contributed by atoms with Gasteiger partial charge in [0.15, 0.2) is 0 Å². The van der Waals surface area contributed by atoms with Gasteiger partial charge in [-0.1, -0.05) is 6.07 Å². The third-order valence-corrected chi connectivity index (χ3v) is 4.66. The lowest BCUT2D eigenvalue weighted by Gasteiger charge is -2.43. The van der Waals surface area contributed by atoms with E-state index in [0.717, 1.165) is 4.90 Å². The summed E-state index contributed by atoms with van der Waals surface area (Å²) in [6.07, 6.45) is -4.34. The van der Waals surface area contributed by atoms with Gasteiger partial charge in [-0.05, 0) is 30.9 Å². The lowest BCUT2D eigenvalue weighted by Crippen LogP contribution is -2.59. The Balaban J connectivity index is 1.56. The van der Waals surface area contributed by atoms with Gasteiger partial charge in [-0.25, -0.2) is 0 Å². The number of halogens is 3. The molecule has 1 aliphatic carbocycles. The van der Waals surface area contributed by atoms with Crippen molar-refractivity contribution in [2.75, 3.05) is 20.3 Å². The zero-order valence-corrected chi connectivity index (χ0v) is 12.7. The molecule has 0 atom stereocenters. The zero-order chi connectivity index (χ0) is 16.7. The first-order valence-corrected chi connectivity index (χ1v) is 7.50. The molecule has 4 rings (SSSR count). The fraction of sp³-hybridized carbons (Fsp3) is 0.562. The van der Waals surface area contributed by atoms with Crippen molar-refractivity contribution >= 4 is 5.91 Å². The van der Waals surface area contributed by atoms with Crippen molar-refractivity contribution in [2.45, 2.75) is 31.0 Å². The molecule has 7 heteroatoms. The summed E-state index contributed by atoms with van der Waals surface area (Å²) < 4.78 is 50.2. The van der Waals surface area contributed by atoms with Crippen molar-refractivity contribution in [1.82, 2.24) is 4.90 Å². The smallest absolute Gasteiger partial charge is 0.411 e. The van der Waals surface area contributed by atoms with Crippen LogP contribution in [0.5, 0.6) is 11.5 Å². The van der Waals surface area contributed by atoms with Crippen molar-refractivity contribution in [3.8, 4) is 11.5 Å². The van der Waals surface area contributed by atoms with Gasteiger partial charge in [0.1, 0.15) is 17.0 Å². The van der Waals surface area contributed by atoms with Gasteiger partial charge < -0.3 is 14.4 Å². The molecular weight excluding hydrogens is 311 g/mol. The Bertz CT molecular complexity index is 596. The first-order valence-electron chi connectivity index (χ1n) is 7.50. The molecule has 0 aromatic heterocycles. The topological polar surface area (TPSA) is 38.8 Å². The summed E-state index contributed by atoms with van der Waals surface area (Å²) in [7, 11) is 1.53. The maximum absolute atomic E-state index is 13.2. The summed E-state index contributed by atoms with van der Waals surface area (Å²) in [5, 5.41) is 0. The van der Waals surface area contributed by atoms with Gasteiger partial charge in [0.2, 0.25) is 5.91 Å². The average Bonchev–Trinajstić information content (AvgIpc) is 3.03. The minimum Gasteiger partial charge on any atom is -0.497 e. The van der Waals surface area contributed by atoms with Crippen LogP contribution in [0.15, 0.2) is 24.3 Å². The minimum absolute atomic E-state index is 0.0140. The van der Waals surface area contributed by atoms with E-state index in [1.54, 1.807) is 24.3 Å². The highest BCUT2D eigenvalue weighted by atomic mass is 19.4. The van der Waals surface area contributed by atoms with Gasteiger partial charge in [0.05, 0.1) is 20.1 Å². The lowest BCUT2D eigenvalue weighted by atomic mass is 9.72. The number of nitrogens with zero attached hydrogens (tertiary/aromatic N) is 1. The molecule has 23 heavy (non-hydrogen) atoms. The second-order valence-electron chi connectivity index (χ2n) is 6.09. The second kappa shape index (κ2) is 5.62. The highest BCUT2D eigenvalue weighted by Crippen LogP contribution is 2.58. The Morgan fingerprint density at radius 2 is 2.04 bits per heavy atom. The predicted molar refractivity (Wildman–Crippen MR) is 76.3 cm³/mol. The lowest BCUT2D eigenvalue weighted by molar-refractivity contribution is -0.236. The molecule has 4 nitrogen and oxygen atoms in total. The molecule has 1 aromatic carbocycles. The van der Waals surface area contributed by atoms with Gasteiger partial charge in [0.25, 0.3) is 0 Å². The quantitative estimate of drug-likeness (QED) is 0.833. The number of alkyl halides is 3. The Labute approximate surface area is 132 Å². The van der Waals surface area contributed by atoms with Crippen LogP contribution in [0.4, 0.5) is 13.2 Å². The van der Waals surface area contributed by atoms with Crippen LogP contribution in [-0.2, 0) is 4.79 Å². The molecule has 0 N–H and O–H groups in total. The second-order valence-corrected chi connectivity index (χ2v) is 6.09. The van der Waals surface area contributed by atoms with Gasteiger partial charge >= 0.3 is 6.18 Å². The monoisotopic (exact) mass is 329 g/mol. The normalized spacial score (nSPS) is 25.9. The molecule has 2 bridgehead atoms. The van der Waals surface area contributed by atoms with Gasteiger partial charge in [-0.3, -0.25) is 4.79 Å². The number of ether oxygens (including phenoxy) is 2. The summed E-state index contributed by atoms with van der Waals surface area (Å²) >= 11 is 0. The first kappa shape index (κ1) is 16.0. The van der Waals surface area contributed by atoms with E-state index >= 15 is 0 Å². The van der Waals surface area contributed by atoms with E-state index < -0.39 is 17.6 Å². The van der Waals surface area contributed by atoms with Crippen LogP contribution in [-0.4, -0.2) is 42.8 Å². The molecule has 1 saturated carbocycles. The number of methoxy groups -OCH3 is 1. The molecule has 2 saturated heterocycles. The molecule has 126 valence electrons. The molecule has 3 fully saturated rings. The number of carbonyl (C=O) groups is 1. The number of rotatable bonds is 5. The van der Waals surface area contributed by atoms with Crippen molar-refractivity contribution in [2.24, 2.45) is 5.92 Å². The van der Waals surface area contributed by atoms with Gasteiger partial charge in [-0.15, -0.1) is 0 Å². The standard InChI is InChI=1S/C16H18F3NO3/c1-22-12-3-2-4-13(7-12)23-6-5-14(21)20-10-11-8-15(20,9-11)16(17,18)19/h2-4,7,11H,5-6,8-10H2,1H3. The van der Waals surface area contributed by atoms with Crippen LogP contribution in [0.25, 0.3) is 0 Å². The summed E-state index contributed by atoms with van der Waals surface area (Å²) in [6, 6.07) is 6.86. The molecule has 0 spiro atoms. The summed E-state index contributed by atoms with van der Waals surface area (Å²) in [5.74, 6) is 0.628. The third kappa shape index (κ3) is 2.72. The Hall–Kier alpha value is -1.92. The van der Waals surface area contributed by atoms with E-state index in [0.29, 0.717) is 11.5 Å². The van der Waals surface area contributed by atoms with Crippen molar-refractivity contribution in [3.05, 3.63) is 24.3 Å². The van der Waals surface area contributed by atoms with Crippen LogP contribution in [0.2, 0.25) is 0 Å². The fourth-order valence-corrected chi connectivity index (χ4v) is 3.48. The Kier molecular flexibility index (Phi) is 3.90. The Morgan fingerprint density at radius 1 is 1.35 bits per heavy atom. The SMILES string of the molecule is COc1cccc(OCCC(=O)N2CC3CC2(C(F)(F)F)C3)c1. The molecule has 1 amide bonds. The number of hydrogen-bond donors (Lipinski definition) is 0. The predicted octanol–water partition coefficient (Wildman–Crippen LogP) is 3.02. The van der Waals surface area contributed by atoms with Gasteiger partial charge in [0, 0.05) is 12.6 Å². The average molecular weight is 329 g/mol. The largest absolute Gasteiger partial charge is 0.497 e. The van der Waals surface area contributed by atoms with E-state index in [2.05, 4.69) is 0 Å². The van der Waals surface area contributed by atoms with E-state index in [1.807, 2.05) is 0 Å². The summed E-state index contributed by atoms with van der Waals surface area (Å²) in [6.45, 7) is 0.249. The van der Waals surface area contributed by atoms with E-state index in [-0.39, 0.29) is 38.3 Å². The van der Waals surface area contributed by atoms with Crippen LogP contribution in [0, 0.1) is 5.92 Å². The summed E-state index contributed by atoms with van der Waals surface area (Å²) in [4.78, 5) is 13.2. The number of carbonyl (C=O) groups excluding carboxylic acids is 1. The third-order valence-electron chi connectivity index (χ3n) is 4.66. The molecule has 2 aliphatic heterocycles. The molecule has 3 aliphatic rings. The van der Waals surface area contributed by atoms with Crippen molar-refractivity contribution in [3.63, 3.8) is 0 Å². The number of amides is 1. The van der Waals surface area contributed by atoms with Gasteiger partial charge in [-0.2, -0.15) is 13.2 Å². The van der Waals surface area contributed by atoms with Crippen LogP contribution in [0.1, 0.15) is 19.3 Å². The number of benzene rings is 1. The fourth-order valence-electron chi connectivity index (χ4n) is 3.48. The molecule has 2 heterocycles. The zero-order valence-electron chi connectivity index (χ0n) is 12.7. The highest BCUT2D eigenvalue weighted by molar-refractivity contribution is 5.78. The minimum atomic E-state index is -4.36. The Morgan fingerprint density at radius 3 is 2.70 bits per heavy atom. The summed E-state index contributed by atoms with van der Waals surface area (Å²) in [5.41, 5.74) is -1.93. The maximum atomic E-state index is 13.2. The molecule has 0 unspecified atom stereocenters. The molecule has 1 aromatic rings. The number of fused-ring (bicyclic) bond motifs is 1. The van der Waals surface area contributed by atoms with Crippen molar-refractivity contribution < 1.29 is 27.4 Å². The number of hydrogen-bond acceptors (Lipinski definition) is 3. The maximum Gasteiger partial charge on any atom is 0.411 e. The molecular formula is C16H18F3NO3. The van der Waals surface area contributed by atoms with E-state index in [4.69, 9.17) is 9.47 Å². The van der Waals surface area contributed by atoms with Crippen LogP contribution >= 0.6 is 0 Å². The van der Waals surface area contributed by atoms with Crippen molar-refractivity contribution in [1.29, 1.82) is 0 Å². The van der Waals surface area contributed by atoms with Crippen LogP contribution in [0.3, 0.4) is 0 Å². The molecule has 0 radical (unpaired) electrons. The van der Waals surface area contributed by atoms with E-state index in [1.165, 1.54) is 7.11 Å². The first-order chi connectivity index (χ1) is 10.9. The van der Waals surface area contributed by atoms with Crippen LogP contribution < -0.4 is 9.47 Å². The van der Waals surface area contributed by atoms with E-state index in [9.17, 15) is 18.0 Å². The highest BCUT2D eigenvalue weighted by Gasteiger charge is 2.71.